The minimum Gasteiger partial charge on any atom is 0 e. The van der Waals surface area contributed by atoms with E-state index in [2.05, 4.69) is 0 Å². The molecular formula is FeZr3. The van der Waals surface area contributed by atoms with Crippen LogP contribution >= 0.6 is 0 Å². The first kappa shape index (κ1) is 27.2. The Balaban J connectivity index is 0. The summed E-state index contributed by atoms with van der Waals surface area (Å²) in [6.45, 7) is 0. The summed E-state index contributed by atoms with van der Waals surface area (Å²) < 4.78 is 0. The van der Waals surface area contributed by atoms with Crippen molar-refractivity contribution in [1.82, 2.24) is 0 Å². The van der Waals surface area contributed by atoms with Gasteiger partial charge in [0, 0.05) is 95.7 Å². The summed E-state index contributed by atoms with van der Waals surface area (Å²) in [5, 5.41) is 0. The van der Waals surface area contributed by atoms with Crippen LogP contribution < -0.4 is 0 Å². The normalized spacial score (nSPS) is 0. The zero-order chi connectivity index (χ0) is 0. The van der Waals surface area contributed by atoms with E-state index in [1.165, 1.54) is 0 Å². The predicted octanol–water partition coefficient (Wildman–Crippen LogP) is -0.0100. The van der Waals surface area contributed by atoms with Gasteiger partial charge >= 0.3 is 0 Å². The van der Waals surface area contributed by atoms with Crippen LogP contribution in [0.3, 0.4) is 0 Å². The minimum absolute atomic E-state index is 0. The van der Waals surface area contributed by atoms with Crippen LogP contribution in [0.2, 0.25) is 0 Å². The molecule has 0 rings (SSSR count). The Kier molecular flexibility index (Phi) is 111. The fourth-order valence-corrected chi connectivity index (χ4v) is 0. The maximum absolute atomic E-state index is 0. The van der Waals surface area contributed by atoms with E-state index < -0.39 is 0 Å². The van der Waals surface area contributed by atoms with Crippen LogP contribution in [0.5, 0.6) is 0 Å². The second-order valence-corrected chi connectivity index (χ2v) is 0. The molecule has 20 valence electrons. The number of rotatable bonds is 0. The zero-order valence-corrected chi connectivity index (χ0v) is 10.3. The van der Waals surface area contributed by atoms with Crippen LogP contribution in [0, 0.1) is 0 Å². The molecule has 0 amide bonds. The Bertz CT molecular complexity index is 3.25. The van der Waals surface area contributed by atoms with Crippen LogP contribution in [0.1, 0.15) is 0 Å². The van der Waals surface area contributed by atoms with E-state index in [0.717, 1.165) is 0 Å². The summed E-state index contributed by atoms with van der Waals surface area (Å²) in [5.41, 5.74) is 0. The summed E-state index contributed by atoms with van der Waals surface area (Å²) in [5.74, 6) is 0. The van der Waals surface area contributed by atoms with Gasteiger partial charge in [0.2, 0.25) is 0 Å². The monoisotopic (exact) mass is 326 g/mol. The Morgan fingerprint density at radius 2 is 0.500 bits per heavy atom. The van der Waals surface area contributed by atoms with Gasteiger partial charge in [-0.1, -0.05) is 0 Å². The summed E-state index contributed by atoms with van der Waals surface area (Å²) in [6, 6.07) is 0. The van der Waals surface area contributed by atoms with E-state index in [0.29, 0.717) is 0 Å². The van der Waals surface area contributed by atoms with Gasteiger partial charge < -0.3 is 0 Å². The van der Waals surface area contributed by atoms with Crippen LogP contribution in [0.4, 0.5) is 0 Å². The third-order valence-corrected chi connectivity index (χ3v) is 0. The van der Waals surface area contributed by atoms with Crippen molar-refractivity contribution in [2.75, 3.05) is 0 Å². The van der Waals surface area contributed by atoms with Crippen molar-refractivity contribution in [2.24, 2.45) is 0 Å². The average Bonchev–Trinajstić information content (AvgIpc) is 0. The van der Waals surface area contributed by atoms with Gasteiger partial charge in [-0.3, -0.25) is 0 Å². The van der Waals surface area contributed by atoms with Crippen LogP contribution in [0.25, 0.3) is 0 Å². The van der Waals surface area contributed by atoms with Gasteiger partial charge in [0.05, 0.1) is 0 Å². The van der Waals surface area contributed by atoms with E-state index in [-0.39, 0.29) is 95.7 Å². The third kappa shape index (κ3) is 8.95. The van der Waals surface area contributed by atoms with Gasteiger partial charge in [-0.2, -0.15) is 0 Å². The molecule has 0 aliphatic rings. The fourth-order valence-electron chi connectivity index (χ4n) is 0. The van der Waals surface area contributed by atoms with Gasteiger partial charge in [-0.05, 0) is 0 Å². The van der Waals surface area contributed by atoms with Crippen molar-refractivity contribution in [3.05, 3.63) is 0 Å². The molecule has 0 radical (unpaired) electrons. The van der Waals surface area contributed by atoms with Crippen LogP contribution in [-0.4, -0.2) is 0 Å². The number of hydrogen-bond acceptors (Lipinski definition) is 0. The Morgan fingerprint density at radius 1 is 0.500 bits per heavy atom. The molecule has 0 nitrogen and oxygen atoms in total. The zero-order valence-electron chi connectivity index (χ0n) is 1.85. The third-order valence-electron chi connectivity index (χ3n) is 0. The molecule has 0 unspecified atom stereocenters. The SMILES string of the molecule is [Fe].[Zr].[Zr].[Zr]. The predicted molar refractivity (Wildman–Crippen MR) is 0 cm³/mol. The van der Waals surface area contributed by atoms with E-state index in [1.54, 1.807) is 0 Å². The summed E-state index contributed by atoms with van der Waals surface area (Å²) in [4.78, 5) is 0. The Labute approximate surface area is 93.7 Å². The minimum atomic E-state index is 0. The molecule has 0 aromatic rings. The van der Waals surface area contributed by atoms with E-state index >= 15 is 0 Å². The van der Waals surface area contributed by atoms with Crippen molar-refractivity contribution >= 4 is 0 Å². The van der Waals surface area contributed by atoms with E-state index in [9.17, 15) is 0 Å². The Hall–Kier alpha value is 3.17. The quantitative estimate of drug-likeness (QED) is 0.549. The first-order chi connectivity index (χ1) is 0. The average molecular weight is 330 g/mol. The van der Waals surface area contributed by atoms with Crippen molar-refractivity contribution < 1.29 is 95.7 Å². The second-order valence-electron chi connectivity index (χ2n) is 0. The maximum atomic E-state index is 0. The molecule has 0 saturated heterocycles. The van der Waals surface area contributed by atoms with E-state index in [1.807, 2.05) is 0 Å². The van der Waals surface area contributed by atoms with E-state index in [4.69, 9.17) is 0 Å². The molecule has 0 saturated carbocycles. The second kappa shape index (κ2) is 16.4. The van der Waals surface area contributed by atoms with Crippen molar-refractivity contribution in [3.63, 3.8) is 0 Å². The van der Waals surface area contributed by atoms with Crippen molar-refractivity contribution in [2.45, 2.75) is 0 Å². The molecular weight excluding hydrogens is 330 g/mol. The summed E-state index contributed by atoms with van der Waals surface area (Å²) >= 11 is 0. The van der Waals surface area contributed by atoms with Crippen molar-refractivity contribution in [1.29, 1.82) is 0 Å². The molecule has 0 N–H and O–H groups in total. The molecule has 0 bridgehead atoms. The summed E-state index contributed by atoms with van der Waals surface area (Å²) in [7, 11) is 0. The molecule has 0 aromatic heterocycles. The topological polar surface area (TPSA) is 0 Å². The van der Waals surface area contributed by atoms with Gasteiger partial charge in [0.15, 0.2) is 0 Å². The number of hydrogen-bond donors (Lipinski definition) is 0. The first-order valence-corrected chi connectivity index (χ1v) is 0. The van der Waals surface area contributed by atoms with Crippen LogP contribution in [-0.2, 0) is 95.7 Å². The molecule has 0 spiro atoms. The van der Waals surface area contributed by atoms with Crippen LogP contribution in [0.15, 0.2) is 0 Å². The molecule has 0 aliphatic heterocycles. The molecule has 0 fully saturated rings. The van der Waals surface area contributed by atoms with Crippen molar-refractivity contribution in [3.8, 4) is 0 Å². The Morgan fingerprint density at radius 3 is 0.500 bits per heavy atom. The standard InChI is InChI=1S/Fe.3Zr. The van der Waals surface area contributed by atoms with Gasteiger partial charge in [-0.25, -0.2) is 0 Å². The summed E-state index contributed by atoms with van der Waals surface area (Å²) in [6.07, 6.45) is 0. The van der Waals surface area contributed by atoms with Gasteiger partial charge in [0.25, 0.3) is 0 Å². The smallest absolute Gasteiger partial charge is 0 e. The molecule has 4 heavy (non-hydrogen) atoms. The molecule has 4 heteroatoms. The van der Waals surface area contributed by atoms with Gasteiger partial charge in [0.1, 0.15) is 0 Å². The molecule has 0 aliphatic carbocycles. The first-order valence-electron chi connectivity index (χ1n) is 0. The van der Waals surface area contributed by atoms with Gasteiger partial charge in [-0.15, -0.1) is 0 Å². The largest absolute Gasteiger partial charge is 0 e. The fraction of sp³-hybridized carbons (Fsp3) is 0. The molecule has 0 heterocycles. The molecule has 0 aromatic carbocycles. The molecule has 0 atom stereocenters. The maximum Gasteiger partial charge on any atom is 0 e.